The first kappa shape index (κ1) is 16.1. The van der Waals surface area contributed by atoms with E-state index < -0.39 is 0 Å². The fraction of sp³-hybridized carbons (Fsp3) is 0.438. The van der Waals surface area contributed by atoms with E-state index in [1.54, 1.807) is 12.1 Å². The Labute approximate surface area is 142 Å². The molecule has 2 aromatic rings. The molecule has 1 fully saturated rings. The van der Waals surface area contributed by atoms with Gasteiger partial charge in [0.25, 0.3) is 5.56 Å². The smallest absolute Gasteiger partial charge is 0.261 e. The van der Waals surface area contributed by atoms with Gasteiger partial charge < -0.3 is 11.1 Å². The van der Waals surface area contributed by atoms with Gasteiger partial charge in [-0.05, 0) is 31.0 Å². The summed E-state index contributed by atoms with van der Waals surface area (Å²) in [6.07, 6.45) is 5.36. The molecule has 6 nitrogen and oxygen atoms in total. The highest BCUT2D eigenvalue weighted by Crippen LogP contribution is 2.28. The maximum Gasteiger partial charge on any atom is 0.261 e. The highest BCUT2D eigenvalue weighted by Gasteiger charge is 2.33. The van der Waals surface area contributed by atoms with Gasteiger partial charge in [-0.3, -0.25) is 14.2 Å². The minimum absolute atomic E-state index is 0.0456. The minimum atomic E-state index is -0.312. The third-order valence-electron chi connectivity index (χ3n) is 4.46. The number of nitrogens with one attached hydrogen (secondary N) is 1. The molecule has 122 valence electrons. The summed E-state index contributed by atoms with van der Waals surface area (Å²) >= 11 is 3.35. The van der Waals surface area contributed by atoms with Gasteiger partial charge in [-0.2, -0.15) is 0 Å². The van der Waals surface area contributed by atoms with Crippen LogP contribution in [0.5, 0.6) is 0 Å². The zero-order valence-corrected chi connectivity index (χ0v) is 14.3. The number of nitrogens with two attached hydrogens (primary N) is 1. The van der Waals surface area contributed by atoms with Gasteiger partial charge in [0, 0.05) is 11.0 Å². The predicted molar refractivity (Wildman–Crippen MR) is 92.1 cm³/mol. The molecular formula is C16H19BrN4O2. The van der Waals surface area contributed by atoms with Crippen molar-refractivity contribution in [3.05, 3.63) is 39.4 Å². The summed E-state index contributed by atoms with van der Waals surface area (Å²) in [5, 5.41) is 3.51. The maximum atomic E-state index is 12.5. The summed E-state index contributed by atoms with van der Waals surface area (Å²) in [5.74, 6) is -0.199. The van der Waals surface area contributed by atoms with Crippen molar-refractivity contribution in [1.82, 2.24) is 14.9 Å². The van der Waals surface area contributed by atoms with Crippen molar-refractivity contribution in [3.63, 3.8) is 0 Å². The van der Waals surface area contributed by atoms with Gasteiger partial charge in [-0.25, -0.2) is 4.98 Å². The largest absolute Gasteiger partial charge is 0.348 e. The average Bonchev–Trinajstić information content (AvgIpc) is 2.99. The summed E-state index contributed by atoms with van der Waals surface area (Å²) in [5.41, 5.74) is 5.91. The first-order valence-electron chi connectivity index (χ1n) is 7.69. The number of carbonyl (C=O) groups is 1. The molecule has 1 aromatic heterocycles. The highest BCUT2D eigenvalue weighted by atomic mass is 79.9. The van der Waals surface area contributed by atoms with Crippen molar-refractivity contribution >= 4 is 32.7 Å². The molecule has 1 aromatic carbocycles. The number of hydrogen-bond donors (Lipinski definition) is 2. The average molecular weight is 379 g/mol. The summed E-state index contributed by atoms with van der Waals surface area (Å²) in [6, 6.07) is 5.32. The second kappa shape index (κ2) is 6.41. The molecule has 0 unspecified atom stereocenters. The predicted octanol–water partition coefficient (Wildman–Crippen LogP) is 1.55. The zero-order chi connectivity index (χ0) is 16.4. The summed E-state index contributed by atoms with van der Waals surface area (Å²) in [7, 11) is 0. The Morgan fingerprint density at radius 2 is 2.13 bits per heavy atom. The second-order valence-corrected chi connectivity index (χ2v) is 6.99. The maximum absolute atomic E-state index is 12.5. The van der Waals surface area contributed by atoms with Crippen LogP contribution < -0.4 is 16.6 Å². The lowest BCUT2D eigenvalue weighted by Crippen LogP contribution is -2.52. The molecule has 1 saturated carbocycles. The fourth-order valence-corrected chi connectivity index (χ4v) is 3.53. The van der Waals surface area contributed by atoms with E-state index in [0.29, 0.717) is 17.4 Å². The van der Waals surface area contributed by atoms with Gasteiger partial charge in [-0.1, -0.05) is 28.8 Å². The number of fused-ring (bicyclic) bond motifs is 1. The number of benzene rings is 1. The summed E-state index contributed by atoms with van der Waals surface area (Å²) in [4.78, 5) is 29.1. The Morgan fingerprint density at radius 1 is 1.39 bits per heavy atom. The van der Waals surface area contributed by atoms with Gasteiger partial charge >= 0.3 is 0 Å². The molecule has 0 aliphatic heterocycles. The lowest BCUT2D eigenvalue weighted by atomic mass is 9.98. The van der Waals surface area contributed by atoms with E-state index in [1.165, 1.54) is 10.9 Å². The van der Waals surface area contributed by atoms with Crippen LogP contribution in [0.1, 0.15) is 25.7 Å². The van der Waals surface area contributed by atoms with Crippen LogP contribution in [0, 0.1) is 0 Å². The molecule has 0 saturated heterocycles. The topological polar surface area (TPSA) is 90.0 Å². The van der Waals surface area contributed by atoms with Crippen LogP contribution in [0.3, 0.4) is 0 Å². The molecule has 0 radical (unpaired) electrons. The molecule has 7 heteroatoms. The van der Waals surface area contributed by atoms with Crippen LogP contribution in [0.4, 0.5) is 0 Å². The molecule has 0 atom stereocenters. The Bertz CT molecular complexity index is 796. The lowest BCUT2D eigenvalue weighted by Gasteiger charge is -2.28. The number of amides is 1. The van der Waals surface area contributed by atoms with Crippen LogP contribution in [0.2, 0.25) is 0 Å². The van der Waals surface area contributed by atoms with Crippen molar-refractivity contribution < 1.29 is 4.79 Å². The monoisotopic (exact) mass is 378 g/mol. The van der Waals surface area contributed by atoms with Gasteiger partial charge in [0.2, 0.25) is 5.91 Å². The van der Waals surface area contributed by atoms with Crippen molar-refractivity contribution in [2.75, 3.05) is 6.54 Å². The molecule has 0 bridgehead atoms. The SMILES string of the molecule is NCC1(NC(=O)Cn2cnc3ccc(Br)cc3c2=O)CCCC1. The number of rotatable bonds is 4. The van der Waals surface area contributed by atoms with Crippen LogP contribution in [0.15, 0.2) is 33.8 Å². The van der Waals surface area contributed by atoms with Gasteiger partial charge in [-0.15, -0.1) is 0 Å². The third kappa shape index (κ3) is 3.30. The molecule has 23 heavy (non-hydrogen) atoms. The molecule has 0 spiro atoms. The van der Waals surface area contributed by atoms with Crippen LogP contribution in [-0.4, -0.2) is 27.5 Å². The molecular weight excluding hydrogens is 360 g/mol. The van der Waals surface area contributed by atoms with Crippen molar-refractivity contribution in [3.8, 4) is 0 Å². The number of nitrogens with zero attached hydrogens (tertiary/aromatic N) is 2. The minimum Gasteiger partial charge on any atom is -0.348 e. The van der Waals surface area contributed by atoms with E-state index in [-0.39, 0.29) is 23.6 Å². The van der Waals surface area contributed by atoms with Crippen LogP contribution in [-0.2, 0) is 11.3 Å². The number of carbonyl (C=O) groups excluding carboxylic acids is 1. The quantitative estimate of drug-likeness (QED) is 0.844. The lowest BCUT2D eigenvalue weighted by molar-refractivity contribution is -0.123. The second-order valence-electron chi connectivity index (χ2n) is 6.08. The fourth-order valence-electron chi connectivity index (χ4n) is 3.17. The molecule has 3 rings (SSSR count). The van der Waals surface area contributed by atoms with Gasteiger partial charge in [0.05, 0.1) is 22.8 Å². The van der Waals surface area contributed by atoms with E-state index >= 15 is 0 Å². The first-order chi connectivity index (χ1) is 11.0. The van der Waals surface area contributed by atoms with Crippen LogP contribution in [0.25, 0.3) is 10.9 Å². The van der Waals surface area contributed by atoms with Crippen molar-refractivity contribution in [1.29, 1.82) is 0 Å². The molecule has 1 aliphatic carbocycles. The van der Waals surface area contributed by atoms with Crippen molar-refractivity contribution in [2.45, 2.75) is 37.8 Å². The third-order valence-corrected chi connectivity index (χ3v) is 4.95. The van der Waals surface area contributed by atoms with Gasteiger partial charge in [0.1, 0.15) is 6.54 Å². The standard InChI is InChI=1S/C16H19BrN4O2/c17-11-3-4-13-12(7-11)15(23)21(10-19-13)8-14(22)20-16(9-18)5-1-2-6-16/h3-4,7,10H,1-2,5-6,8-9,18H2,(H,20,22). The van der Waals surface area contributed by atoms with E-state index in [4.69, 9.17) is 5.73 Å². The summed E-state index contributed by atoms with van der Waals surface area (Å²) < 4.78 is 2.14. The molecule has 1 heterocycles. The van der Waals surface area contributed by atoms with E-state index in [2.05, 4.69) is 26.2 Å². The Hall–Kier alpha value is -1.73. The van der Waals surface area contributed by atoms with E-state index in [9.17, 15) is 9.59 Å². The van der Waals surface area contributed by atoms with E-state index in [1.807, 2.05) is 6.07 Å². The van der Waals surface area contributed by atoms with Crippen LogP contribution >= 0.6 is 15.9 Å². The first-order valence-corrected chi connectivity index (χ1v) is 8.48. The molecule has 3 N–H and O–H groups in total. The highest BCUT2D eigenvalue weighted by molar-refractivity contribution is 9.10. The molecule has 1 aliphatic rings. The van der Waals surface area contributed by atoms with Crippen molar-refractivity contribution in [2.24, 2.45) is 5.73 Å². The Morgan fingerprint density at radius 3 is 2.83 bits per heavy atom. The Kier molecular flexibility index (Phi) is 4.50. The van der Waals surface area contributed by atoms with Gasteiger partial charge in [0.15, 0.2) is 0 Å². The molecule has 1 amide bonds. The normalized spacial score (nSPS) is 16.6. The zero-order valence-electron chi connectivity index (χ0n) is 12.7. The Balaban J connectivity index is 1.82. The van der Waals surface area contributed by atoms with E-state index in [0.717, 1.165) is 30.2 Å². The summed E-state index contributed by atoms with van der Waals surface area (Å²) in [6.45, 7) is 0.382. The number of hydrogen-bond acceptors (Lipinski definition) is 4. The number of aromatic nitrogens is 2. The number of halogens is 1.